The quantitative estimate of drug-likeness (QED) is 0.747. The first kappa shape index (κ1) is 10.3. The summed E-state index contributed by atoms with van der Waals surface area (Å²) in [6.07, 6.45) is 3.09. The minimum atomic E-state index is 0.444. The summed E-state index contributed by atoms with van der Waals surface area (Å²) in [4.78, 5) is 6.61. The van der Waals surface area contributed by atoms with Crippen LogP contribution in [0, 0.1) is 0 Å². The van der Waals surface area contributed by atoms with Gasteiger partial charge in [0.2, 0.25) is 0 Å². The molecule has 2 saturated heterocycles. The lowest BCUT2D eigenvalue weighted by Crippen LogP contribution is -2.43. The van der Waals surface area contributed by atoms with E-state index >= 15 is 0 Å². The van der Waals surface area contributed by atoms with E-state index in [0.717, 1.165) is 24.3 Å². The van der Waals surface area contributed by atoms with Crippen molar-refractivity contribution in [3.63, 3.8) is 0 Å². The standard InChI is InChI=1S/C11H15ClN4/c12-11-7(3-13)1-9(5-15-11)16-6-8-2-10(16)4-14-8/h1,5,8,10,14H,2-4,6,13H2/t8-,10-/m1/s1. The van der Waals surface area contributed by atoms with E-state index in [1.165, 1.54) is 6.42 Å². The highest BCUT2D eigenvalue weighted by Gasteiger charge is 2.37. The molecule has 2 aliphatic rings. The summed E-state index contributed by atoms with van der Waals surface area (Å²) < 4.78 is 0. The van der Waals surface area contributed by atoms with Crippen molar-refractivity contribution in [3.05, 3.63) is 23.0 Å². The van der Waals surface area contributed by atoms with E-state index < -0.39 is 0 Å². The highest BCUT2D eigenvalue weighted by atomic mass is 35.5. The molecule has 0 unspecified atom stereocenters. The fourth-order valence-electron chi connectivity index (χ4n) is 2.66. The number of aromatic nitrogens is 1. The Morgan fingerprint density at radius 3 is 3.12 bits per heavy atom. The van der Waals surface area contributed by atoms with Crippen molar-refractivity contribution >= 4 is 17.3 Å². The Kier molecular flexibility index (Phi) is 2.50. The third-order valence-corrected chi connectivity index (χ3v) is 3.85. The molecule has 3 rings (SSSR count). The molecule has 1 aromatic rings. The van der Waals surface area contributed by atoms with Gasteiger partial charge in [0, 0.05) is 37.3 Å². The summed E-state index contributed by atoms with van der Waals surface area (Å²) in [5, 5.41) is 4.00. The Hall–Kier alpha value is -0.840. The zero-order chi connectivity index (χ0) is 11.1. The van der Waals surface area contributed by atoms with Crippen LogP contribution in [0.2, 0.25) is 5.15 Å². The van der Waals surface area contributed by atoms with Crippen LogP contribution in [0.3, 0.4) is 0 Å². The number of pyridine rings is 1. The lowest BCUT2D eigenvalue weighted by atomic mass is 10.2. The molecular weight excluding hydrogens is 224 g/mol. The minimum absolute atomic E-state index is 0.444. The van der Waals surface area contributed by atoms with Gasteiger partial charge in [0.1, 0.15) is 5.15 Å². The molecule has 0 spiro atoms. The van der Waals surface area contributed by atoms with Crippen LogP contribution < -0.4 is 16.0 Å². The molecule has 0 saturated carbocycles. The Labute approximate surface area is 99.8 Å². The highest BCUT2D eigenvalue weighted by Crippen LogP contribution is 2.30. The number of fused-ring (bicyclic) bond motifs is 2. The van der Waals surface area contributed by atoms with Gasteiger partial charge in [-0.3, -0.25) is 0 Å². The molecule has 3 N–H and O–H groups in total. The first-order valence-corrected chi connectivity index (χ1v) is 6.00. The monoisotopic (exact) mass is 238 g/mol. The molecule has 2 fully saturated rings. The molecule has 0 amide bonds. The molecule has 86 valence electrons. The maximum Gasteiger partial charge on any atom is 0.133 e. The Balaban J connectivity index is 1.89. The number of nitrogens with zero attached hydrogens (tertiary/aromatic N) is 2. The second-order valence-electron chi connectivity index (χ2n) is 4.49. The van der Waals surface area contributed by atoms with Crippen molar-refractivity contribution in [1.82, 2.24) is 10.3 Å². The predicted molar refractivity (Wildman–Crippen MR) is 64.7 cm³/mol. The third kappa shape index (κ3) is 1.57. The third-order valence-electron chi connectivity index (χ3n) is 3.51. The van der Waals surface area contributed by atoms with Gasteiger partial charge in [0.25, 0.3) is 0 Å². The number of nitrogens with one attached hydrogen (secondary N) is 1. The van der Waals surface area contributed by atoms with E-state index in [9.17, 15) is 0 Å². The highest BCUT2D eigenvalue weighted by molar-refractivity contribution is 6.30. The molecule has 5 heteroatoms. The van der Waals surface area contributed by atoms with E-state index in [-0.39, 0.29) is 0 Å². The Morgan fingerprint density at radius 2 is 2.50 bits per heavy atom. The first-order valence-electron chi connectivity index (χ1n) is 5.62. The van der Waals surface area contributed by atoms with Crippen LogP contribution in [-0.4, -0.2) is 30.2 Å². The number of hydrogen-bond donors (Lipinski definition) is 2. The van der Waals surface area contributed by atoms with E-state index in [1.54, 1.807) is 0 Å². The summed E-state index contributed by atoms with van der Waals surface area (Å²) in [7, 11) is 0. The first-order chi connectivity index (χ1) is 7.78. The summed E-state index contributed by atoms with van der Waals surface area (Å²) in [5.41, 5.74) is 7.72. The van der Waals surface area contributed by atoms with E-state index in [0.29, 0.717) is 23.8 Å². The molecule has 0 aliphatic carbocycles. The zero-order valence-corrected chi connectivity index (χ0v) is 9.74. The Morgan fingerprint density at radius 1 is 1.62 bits per heavy atom. The molecule has 2 atom stereocenters. The fraction of sp³-hybridized carbons (Fsp3) is 0.545. The molecule has 0 aromatic carbocycles. The van der Waals surface area contributed by atoms with Crippen LogP contribution in [-0.2, 0) is 6.54 Å². The van der Waals surface area contributed by atoms with Crippen molar-refractivity contribution < 1.29 is 0 Å². The maximum absolute atomic E-state index is 5.96. The number of hydrogen-bond acceptors (Lipinski definition) is 4. The van der Waals surface area contributed by atoms with E-state index in [1.807, 2.05) is 6.20 Å². The largest absolute Gasteiger partial charge is 0.364 e. The van der Waals surface area contributed by atoms with Crippen LogP contribution in [0.15, 0.2) is 12.3 Å². The van der Waals surface area contributed by atoms with E-state index in [2.05, 4.69) is 21.3 Å². The van der Waals surface area contributed by atoms with Gasteiger partial charge >= 0.3 is 0 Å². The van der Waals surface area contributed by atoms with Gasteiger partial charge in [-0.05, 0) is 12.5 Å². The number of halogens is 1. The van der Waals surface area contributed by atoms with Gasteiger partial charge < -0.3 is 16.0 Å². The van der Waals surface area contributed by atoms with Gasteiger partial charge in [-0.2, -0.15) is 0 Å². The minimum Gasteiger partial charge on any atom is -0.364 e. The predicted octanol–water partition coefficient (Wildman–Crippen LogP) is 0.744. The van der Waals surface area contributed by atoms with Gasteiger partial charge in [-0.25, -0.2) is 4.98 Å². The number of anilines is 1. The summed E-state index contributed by atoms with van der Waals surface area (Å²) >= 11 is 5.96. The smallest absolute Gasteiger partial charge is 0.133 e. The maximum atomic E-state index is 5.96. The van der Waals surface area contributed by atoms with Gasteiger partial charge in [-0.1, -0.05) is 11.6 Å². The molecule has 16 heavy (non-hydrogen) atoms. The number of nitrogens with two attached hydrogens (primary N) is 1. The van der Waals surface area contributed by atoms with Crippen LogP contribution in [0.25, 0.3) is 0 Å². The molecular formula is C11H15ClN4. The summed E-state index contributed by atoms with van der Waals surface area (Å²) in [5.74, 6) is 0. The SMILES string of the molecule is NCc1cc(N2C[C@H]3C[C@@H]2CN3)cnc1Cl. The van der Waals surface area contributed by atoms with Crippen LogP contribution in [0.4, 0.5) is 5.69 Å². The fourth-order valence-corrected chi connectivity index (χ4v) is 2.84. The molecule has 1 aromatic heterocycles. The average Bonchev–Trinajstić information content (AvgIpc) is 2.91. The van der Waals surface area contributed by atoms with Crippen molar-refractivity contribution in [3.8, 4) is 0 Å². The topological polar surface area (TPSA) is 54.2 Å². The molecule has 4 nitrogen and oxygen atoms in total. The molecule has 2 bridgehead atoms. The van der Waals surface area contributed by atoms with Crippen LogP contribution in [0.5, 0.6) is 0 Å². The van der Waals surface area contributed by atoms with Gasteiger partial charge in [0.15, 0.2) is 0 Å². The molecule has 0 radical (unpaired) electrons. The second kappa shape index (κ2) is 3.87. The summed E-state index contributed by atoms with van der Waals surface area (Å²) in [6, 6.07) is 3.32. The van der Waals surface area contributed by atoms with Gasteiger partial charge in [0.05, 0.1) is 11.9 Å². The normalized spacial score (nSPS) is 27.8. The lowest BCUT2D eigenvalue weighted by Gasteiger charge is -2.29. The lowest BCUT2D eigenvalue weighted by molar-refractivity contribution is 0.579. The second-order valence-corrected chi connectivity index (χ2v) is 4.85. The molecule has 3 heterocycles. The number of rotatable bonds is 2. The van der Waals surface area contributed by atoms with E-state index in [4.69, 9.17) is 17.3 Å². The van der Waals surface area contributed by atoms with Crippen molar-refractivity contribution in [1.29, 1.82) is 0 Å². The van der Waals surface area contributed by atoms with Crippen LogP contribution >= 0.6 is 11.6 Å². The number of piperazine rings is 1. The van der Waals surface area contributed by atoms with Crippen molar-refractivity contribution in [2.75, 3.05) is 18.0 Å². The van der Waals surface area contributed by atoms with Crippen molar-refractivity contribution in [2.24, 2.45) is 5.73 Å². The zero-order valence-electron chi connectivity index (χ0n) is 8.99. The van der Waals surface area contributed by atoms with Crippen LogP contribution in [0.1, 0.15) is 12.0 Å². The van der Waals surface area contributed by atoms with Gasteiger partial charge in [-0.15, -0.1) is 0 Å². The summed E-state index contributed by atoms with van der Waals surface area (Å²) in [6.45, 7) is 2.59. The molecule has 2 aliphatic heterocycles. The van der Waals surface area contributed by atoms with Crippen molar-refractivity contribution in [2.45, 2.75) is 25.0 Å². The Bertz CT molecular complexity index is 409. The average molecular weight is 239 g/mol.